The van der Waals surface area contributed by atoms with Gasteiger partial charge in [0.25, 0.3) is 11.5 Å². The molecule has 3 aromatic rings. The average Bonchev–Trinajstić information content (AvgIpc) is 3.34. The normalized spacial score (nSPS) is 17.0. The molecule has 0 spiro atoms. The van der Waals surface area contributed by atoms with Gasteiger partial charge < -0.3 is 14.7 Å². The number of nitrogens with zero attached hydrogens (tertiary/aromatic N) is 4. The third-order valence-corrected chi connectivity index (χ3v) is 6.05. The van der Waals surface area contributed by atoms with Crippen LogP contribution in [-0.4, -0.2) is 60.0 Å². The summed E-state index contributed by atoms with van der Waals surface area (Å²) in [5.74, 6) is 0.628. The minimum atomic E-state index is -0.132. The van der Waals surface area contributed by atoms with Gasteiger partial charge in [-0.2, -0.15) is 0 Å². The van der Waals surface area contributed by atoms with Crippen molar-refractivity contribution in [3.05, 3.63) is 64.4 Å². The smallest absolute Gasteiger partial charge is 0.260 e. The van der Waals surface area contributed by atoms with Gasteiger partial charge in [0.2, 0.25) is 5.95 Å². The maximum absolute atomic E-state index is 12.9. The molecule has 0 unspecified atom stereocenters. The fourth-order valence-electron chi connectivity index (χ4n) is 4.32. The Balaban J connectivity index is 1.25. The number of aromatic nitrogens is 2. The van der Waals surface area contributed by atoms with Gasteiger partial charge in [-0.3, -0.25) is 14.6 Å². The summed E-state index contributed by atoms with van der Waals surface area (Å²) in [4.78, 5) is 39.0. The van der Waals surface area contributed by atoms with E-state index in [0.29, 0.717) is 43.0 Å². The lowest BCUT2D eigenvalue weighted by Crippen LogP contribution is -2.49. The first-order chi connectivity index (χ1) is 14.7. The monoisotopic (exact) mass is 403 g/mol. The van der Waals surface area contributed by atoms with E-state index >= 15 is 0 Å². The molecule has 0 aliphatic carbocycles. The quantitative estimate of drug-likeness (QED) is 0.727. The van der Waals surface area contributed by atoms with Crippen molar-refractivity contribution in [2.75, 3.05) is 49.1 Å². The lowest BCUT2D eigenvalue weighted by atomic mass is 10.1. The number of aromatic amines is 1. The molecule has 7 nitrogen and oxygen atoms in total. The predicted molar refractivity (Wildman–Crippen MR) is 118 cm³/mol. The van der Waals surface area contributed by atoms with E-state index in [1.165, 1.54) is 18.5 Å². The first-order valence-corrected chi connectivity index (χ1v) is 10.6. The number of para-hydroxylation sites is 1. The number of carbonyl (C=O) groups excluding carboxylic acids is 1. The summed E-state index contributed by atoms with van der Waals surface area (Å²) in [5, 5.41) is 0.590. The molecule has 7 heteroatoms. The number of rotatable bonds is 3. The van der Waals surface area contributed by atoms with Crippen LogP contribution >= 0.6 is 0 Å². The van der Waals surface area contributed by atoms with Gasteiger partial charge in [0.1, 0.15) is 0 Å². The van der Waals surface area contributed by atoms with Crippen LogP contribution in [0.15, 0.2) is 53.3 Å². The maximum Gasteiger partial charge on any atom is 0.260 e. The Morgan fingerprint density at radius 1 is 0.833 bits per heavy atom. The summed E-state index contributed by atoms with van der Waals surface area (Å²) in [6.07, 6.45) is 2.48. The maximum atomic E-state index is 12.9. The summed E-state index contributed by atoms with van der Waals surface area (Å²) in [7, 11) is 0. The van der Waals surface area contributed by atoms with Crippen LogP contribution in [0.5, 0.6) is 0 Å². The number of nitrogens with one attached hydrogen (secondary N) is 1. The van der Waals surface area contributed by atoms with Gasteiger partial charge >= 0.3 is 0 Å². The van der Waals surface area contributed by atoms with Gasteiger partial charge in [-0.15, -0.1) is 0 Å². The minimum absolute atomic E-state index is 0.0580. The Hall–Kier alpha value is -3.35. The van der Waals surface area contributed by atoms with Crippen LogP contribution in [0.1, 0.15) is 23.2 Å². The molecule has 1 aromatic heterocycles. The van der Waals surface area contributed by atoms with E-state index in [1.54, 1.807) is 6.07 Å². The van der Waals surface area contributed by atoms with Crippen LogP contribution < -0.4 is 15.4 Å². The molecule has 0 atom stereocenters. The van der Waals surface area contributed by atoms with Crippen molar-refractivity contribution in [3.63, 3.8) is 0 Å². The van der Waals surface area contributed by atoms with Crippen LogP contribution in [0.4, 0.5) is 11.6 Å². The predicted octanol–water partition coefficient (Wildman–Crippen LogP) is 2.49. The molecule has 30 heavy (non-hydrogen) atoms. The van der Waals surface area contributed by atoms with Gasteiger partial charge in [-0.25, -0.2) is 4.98 Å². The lowest BCUT2D eigenvalue weighted by Gasteiger charge is -2.35. The number of anilines is 2. The number of fused-ring (bicyclic) bond motifs is 1. The Morgan fingerprint density at radius 2 is 1.53 bits per heavy atom. The highest BCUT2D eigenvalue weighted by molar-refractivity contribution is 5.94. The van der Waals surface area contributed by atoms with Gasteiger partial charge in [0, 0.05) is 50.5 Å². The molecule has 3 heterocycles. The van der Waals surface area contributed by atoms with Gasteiger partial charge in [-0.1, -0.05) is 12.1 Å². The summed E-state index contributed by atoms with van der Waals surface area (Å²) in [5.41, 5.74) is 2.48. The average molecular weight is 403 g/mol. The number of carbonyl (C=O) groups is 1. The van der Waals surface area contributed by atoms with E-state index in [-0.39, 0.29) is 11.5 Å². The van der Waals surface area contributed by atoms with Crippen LogP contribution in [0, 0.1) is 0 Å². The molecule has 0 bridgehead atoms. The molecule has 2 saturated heterocycles. The number of H-pyrrole nitrogens is 1. The fourth-order valence-corrected chi connectivity index (χ4v) is 4.32. The molecule has 0 radical (unpaired) electrons. The summed E-state index contributed by atoms with van der Waals surface area (Å²) in [6.45, 7) is 4.67. The third-order valence-electron chi connectivity index (χ3n) is 6.05. The van der Waals surface area contributed by atoms with Crippen molar-refractivity contribution in [1.82, 2.24) is 14.9 Å². The zero-order valence-electron chi connectivity index (χ0n) is 16.9. The Morgan fingerprint density at radius 3 is 2.27 bits per heavy atom. The summed E-state index contributed by atoms with van der Waals surface area (Å²) >= 11 is 0. The van der Waals surface area contributed by atoms with Crippen molar-refractivity contribution in [1.29, 1.82) is 0 Å². The largest absolute Gasteiger partial charge is 0.372 e. The SMILES string of the molecule is O=C(c1ccc(N2CCCC2)cc1)N1CCN(c2nc3ccccc3c(=O)[nH]2)CC1. The van der Waals surface area contributed by atoms with Crippen molar-refractivity contribution in [2.45, 2.75) is 12.8 Å². The standard InChI is InChI=1S/C23H25N5O2/c29-21-19-5-1-2-6-20(19)24-23(25-21)28-15-13-27(14-16-28)22(30)17-7-9-18(10-8-17)26-11-3-4-12-26/h1-2,5-10H,3-4,11-16H2,(H,24,25,29). The zero-order chi connectivity index (χ0) is 20.5. The molecule has 1 amide bonds. The van der Waals surface area contributed by atoms with E-state index in [2.05, 4.69) is 27.0 Å². The molecule has 2 aliphatic rings. The van der Waals surface area contributed by atoms with E-state index < -0.39 is 0 Å². The first kappa shape index (κ1) is 18.7. The van der Waals surface area contributed by atoms with Crippen molar-refractivity contribution in [2.24, 2.45) is 0 Å². The van der Waals surface area contributed by atoms with Crippen molar-refractivity contribution in [3.8, 4) is 0 Å². The third kappa shape index (κ3) is 3.51. The van der Waals surface area contributed by atoms with E-state index in [0.717, 1.165) is 18.7 Å². The second-order valence-corrected chi connectivity index (χ2v) is 7.93. The van der Waals surface area contributed by atoms with E-state index in [4.69, 9.17) is 0 Å². The van der Waals surface area contributed by atoms with Gasteiger partial charge in [0.15, 0.2) is 0 Å². The van der Waals surface area contributed by atoms with Crippen molar-refractivity contribution < 1.29 is 4.79 Å². The number of benzene rings is 2. The summed E-state index contributed by atoms with van der Waals surface area (Å²) < 4.78 is 0. The van der Waals surface area contributed by atoms with Crippen LogP contribution in [0.2, 0.25) is 0 Å². The molecule has 2 aliphatic heterocycles. The number of amides is 1. The first-order valence-electron chi connectivity index (χ1n) is 10.6. The fraction of sp³-hybridized carbons (Fsp3) is 0.348. The lowest BCUT2D eigenvalue weighted by molar-refractivity contribution is 0.0746. The summed E-state index contributed by atoms with van der Waals surface area (Å²) in [6, 6.07) is 15.3. The Labute approximate surface area is 174 Å². The van der Waals surface area contributed by atoms with Crippen molar-refractivity contribution >= 4 is 28.4 Å². The highest BCUT2D eigenvalue weighted by atomic mass is 16.2. The second-order valence-electron chi connectivity index (χ2n) is 7.93. The second kappa shape index (κ2) is 7.82. The topological polar surface area (TPSA) is 72.5 Å². The number of hydrogen-bond acceptors (Lipinski definition) is 5. The molecule has 5 rings (SSSR count). The molecular weight excluding hydrogens is 378 g/mol. The number of hydrogen-bond donors (Lipinski definition) is 1. The molecule has 1 N–H and O–H groups in total. The highest BCUT2D eigenvalue weighted by Gasteiger charge is 2.24. The van der Waals surface area contributed by atoms with Crippen LogP contribution in [0.25, 0.3) is 10.9 Å². The Bertz CT molecular complexity index is 1110. The van der Waals surface area contributed by atoms with Gasteiger partial charge in [0.05, 0.1) is 10.9 Å². The minimum Gasteiger partial charge on any atom is -0.372 e. The van der Waals surface area contributed by atoms with E-state index in [9.17, 15) is 9.59 Å². The molecule has 2 fully saturated rings. The highest BCUT2D eigenvalue weighted by Crippen LogP contribution is 2.21. The zero-order valence-corrected chi connectivity index (χ0v) is 16.9. The molecule has 0 saturated carbocycles. The van der Waals surface area contributed by atoms with Crippen LogP contribution in [-0.2, 0) is 0 Å². The molecule has 154 valence electrons. The molecular formula is C23H25N5O2. The van der Waals surface area contributed by atoms with Gasteiger partial charge in [-0.05, 0) is 49.2 Å². The van der Waals surface area contributed by atoms with E-state index in [1.807, 2.05) is 40.1 Å². The Kier molecular flexibility index (Phi) is 4.86. The number of piperazine rings is 1. The molecule has 2 aromatic carbocycles. The van der Waals surface area contributed by atoms with Crippen LogP contribution in [0.3, 0.4) is 0 Å².